The molecule has 0 amide bonds. The fourth-order valence-corrected chi connectivity index (χ4v) is 4.75. The monoisotopic (exact) mass is 548 g/mol. The van der Waals surface area contributed by atoms with Gasteiger partial charge in [0.25, 0.3) is 5.82 Å². The third-order valence-corrected chi connectivity index (χ3v) is 6.25. The summed E-state index contributed by atoms with van der Waals surface area (Å²) in [7, 11) is -4.94. The van der Waals surface area contributed by atoms with Crippen LogP contribution in [0.5, 0.6) is 0 Å². The van der Waals surface area contributed by atoms with Crippen molar-refractivity contribution in [2.24, 2.45) is 0 Å². The molecule has 6 aromatic rings. The van der Waals surface area contributed by atoms with Gasteiger partial charge in [-0.3, -0.25) is 0 Å². The molecule has 0 aliphatic heterocycles. The Bertz CT molecular complexity index is 1350. The number of hydrogen-bond acceptors (Lipinski definition) is 4. The van der Waals surface area contributed by atoms with E-state index in [1.807, 2.05) is 0 Å². The van der Waals surface area contributed by atoms with Gasteiger partial charge in [-0.25, -0.2) is 18.6 Å². The van der Waals surface area contributed by atoms with Crippen LogP contribution in [-0.4, -0.2) is 4.57 Å². The number of imidazole rings is 1. The van der Waals surface area contributed by atoms with Crippen LogP contribution in [-0.2, 0) is 0 Å². The number of aromatic nitrogens is 2. The van der Waals surface area contributed by atoms with Gasteiger partial charge in [-0.1, -0.05) is 115 Å². The average molecular weight is 549 g/mol. The summed E-state index contributed by atoms with van der Waals surface area (Å²) in [5, 5.41) is 0. The van der Waals surface area contributed by atoms with Crippen LogP contribution >= 0.6 is 0 Å². The maximum Gasteiger partial charge on any atom is 0.300 e. The molecular weight excluding hydrogens is 524 g/mol. The van der Waals surface area contributed by atoms with Crippen LogP contribution in [0.1, 0.15) is 0 Å². The molecule has 7 heteroatoms. The Morgan fingerprint density at radius 3 is 1.30 bits per heavy atom. The summed E-state index contributed by atoms with van der Waals surface area (Å²) in [6.45, 7) is 0. The molecule has 198 valence electrons. The molecule has 0 saturated heterocycles. The molecule has 0 spiro atoms. The van der Waals surface area contributed by atoms with Gasteiger partial charge in [0.15, 0.2) is 11.4 Å². The van der Waals surface area contributed by atoms with Crippen LogP contribution in [0.4, 0.5) is 0 Å². The quantitative estimate of drug-likeness (QED) is 0.309. The molecule has 0 aliphatic rings. The summed E-state index contributed by atoms with van der Waals surface area (Å²) in [6.07, 6.45) is 0. The van der Waals surface area contributed by atoms with Gasteiger partial charge in [0.05, 0.1) is 5.56 Å². The van der Waals surface area contributed by atoms with Gasteiger partial charge in [-0.2, -0.15) is 9.13 Å². The maximum atomic E-state index is 8.49. The fraction of sp³-hybridized carbons (Fsp3) is 0. The van der Waals surface area contributed by atoms with E-state index in [2.05, 4.69) is 161 Å². The Hall–Kier alpha value is -4.56. The third kappa shape index (κ3) is 6.18. The van der Waals surface area contributed by atoms with Crippen LogP contribution < -0.4 is 23.2 Å². The molecule has 1 heterocycles. The van der Waals surface area contributed by atoms with E-state index in [-0.39, 0.29) is 0 Å². The van der Waals surface area contributed by atoms with Crippen molar-refractivity contribution in [1.29, 1.82) is 0 Å². The van der Waals surface area contributed by atoms with Crippen LogP contribution in [0.25, 0.3) is 45.3 Å². The molecule has 6 nitrogen and oxygen atoms in total. The summed E-state index contributed by atoms with van der Waals surface area (Å²) < 4.78 is 38.8. The average Bonchev–Trinajstić information content (AvgIpc) is 3.35. The lowest BCUT2D eigenvalue weighted by Crippen LogP contribution is -2.68. The van der Waals surface area contributed by atoms with Crippen molar-refractivity contribution >= 4 is 0 Å². The summed E-state index contributed by atoms with van der Waals surface area (Å²) in [5.74, 6) is 1.11. The molecule has 0 N–H and O–H groups in total. The molecule has 0 aliphatic carbocycles. The predicted octanol–water partition coefficient (Wildman–Crippen LogP) is 3.00. The summed E-state index contributed by atoms with van der Waals surface area (Å²) in [6, 6.07) is 53.4. The number of benzene rings is 5. The lowest BCUT2D eigenvalue weighted by atomic mass is 10.0. The minimum absolute atomic E-state index is 1.11. The van der Waals surface area contributed by atoms with Crippen LogP contribution in [0, 0.1) is 10.2 Å². The topological polar surface area (TPSA) is 101 Å². The number of hydrogen-bond donors (Lipinski definition) is 0. The second-order valence-corrected chi connectivity index (χ2v) is 9.59. The zero-order valence-electron chi connectivity index (χ0n) is 21.3. The largest absolute Gasteiger partial charge is 0.300 e. The second kappa shape index (κ2) is 12.1. The molecule has 0 saturated carbocycles. The standard InChI is InChI=1S/C33H25N2.ClHO4/c1-6-16-26(17-7-1)31-32(27-18-8-2-9-19-27)35(30-24-14-5-15-25-30)33(28-20-10-3-11-21-28)34(31)29-22-12-4-13-23-29;2-1(3,4)5/h1-25H;(H,2,3,4,5)/q+1;/p-1. The van der Waals surface area contributed by atoms with Crippen molar-refractivity contribution in [2.45, 2.75) is 0 Å². The number of para-hydroxylation sites is 2. The molecule has 0 unspecified atom stereocenters. The Kier molecular flexibility index (Phi) is 8.17. The van der Waals surface area contributed by atoms with Gasteiger partial charge < -0.3 is 0 Å². The van der Waals surface area contributed by atoms with Gasteiger partial charge in [-0.05, 0) is 36.4 Å². The zero-order chi connectivity index (χ0) is 28.0. The van der Waals surface area contributed by atoms with Crippen molar-refractivity contribution in [2.75, 3.05) is 0 Å². The smallest absolute Gasteiger partial charge is 0.222 e. The Morgan fingerprint density at radius 2 is 0.825 bits per heavy atom. The highest BCUT2D eigenvalue weighted by Crippen LogP contribution is 2.38. The summed E-state index contributed by atoms with van der Waals surface area (Å²) >= 11 is 0. The highest BCUT2D eigenvalue weighted by Gasteiger charge is 2.35. The van der Waals surface area contributed by atoms with Crippen molar-refractivity contribution in [3.8, 4) is 45.3 Å². The van der Waals surface area contributed by atoms with E-state index in [1.54, 1.807) is 0 Å². The van der Waals surface area contributed by atoms with E-state index in [0.717, 1.165) is 34.2 Å². The normalized spacial score (nSPS) is 11.0. The lowest BCUT2D eigenvalue weighted by Gasteiger charge is -2.17. The van der Waals surface area contributed by atoms with Gasteiger partial charge in [0.2, 0.25) is 0 Å². The molecule has 6 rings (SSSR count). The molecule has 0 atom stereocenters. The summed E-state index contributed by atoms with van der Waals surface area (Å²) in [4.78, 5) is 0. The highest BCUT2D eigenvalue weighted by atomic mass is 35.7. The van der Waals surface area contributed by atoms with Crippen LogP contribution in [0.2, 0.25) is 0 Å². The zero-order valence-corrected chi connectivity index (χ0v) is 22.1. The van der Waals surface area contributed by atoms with E-state index in [9.17, 15) is 0 Å². The highest BCUT2D eigenvalue weighted by molar-refractivity contribution is 5.81. The number of nitrogens with zero attached hydrogens (tertiary/aromatic N) is 2. The first kappa shape index (κ1) is 27.0. The summed E-state index contributed by atoms with van der Waals surface area (Å²) in [5.41, 5.74) is 8.05. The van der Waals surface area contributed by atoms with E-state index >= 15 is 0 Å². The first-order chi connectivity index (χ1) is 19.4. The van der Waals surface area contributed by atoms with Gasteiger partial charge in [0, 0.05) is 11.1 Å². The maximum absolute atomic E-state index is 8.49. The lowest BCUT2D eigenvalue weighted by molar-refractivity contribution is -2.00. The Morgan fingerprint density at radius 1 is 0.450 bits per heavy atom. The Balaban J connectivity index is 0.000000595. The van der Waals surface area contributed by atoms with Crippen LogP contribution in [0.15, 0.2) is 152 Å². The van der Waals surface area contributed by atoms with Crippen molar-refractivity contribution in [3.63, 3.8) is 0 Å². The molecular formula is C33H25ClN2O4. The van der Waals surface area contributed by atoms with Gasteiger partial charge in [0.1, 0.15) is 11.4 Å². The first-order valence-corrected chi connectivity index (χ1v) is 13.7. The second-order valence-electron chi connectivity index (χ2n) is 8.84. The van der Waals surface area contributed by atoms with Crippen molar-refractivity contribution in [1.82, 2.24) is 4.57 Å². The number of halogens is 1. The van der Waals surface area contributed by atoms with Crippen LogP contribution in [0.3, 0.4) is 0 Å². The molecule has 0 bridgehead atoms. The molecule has 1 aromatic heterocycles. The van der Waals surface area contributed by atoms with E-state index in [1.165, 1.54) is 11.1 Å². The minimum atomic E-state index is -4.94. The fourth-order valence-electron chi connectivity index (χ4n) is 4.75. The first-order valence-electron chi connectivity index (χ1n) is 12.5. The predicted molar refractivity (Wildman–Crippen MR) is 144 cm³/mol. The SMILES string of the molecule is [O-][Cl+3]([O-])([O-])[O-].c1ccc(-c2c(-c3ccccc3)[n+](-c3ccccc3)c(-c3ccccc3)n2-c2ccccc2)cc1. The van der Waals surface area contributed by atoms with Gasteiger partial charge >= 0.3 is 0 Å². The Labute approximate surface area is 234 Å². The van der Waals surface area contributed by atoms with E-state index in [0.29, 0.717) is 0 Å². The third-order valence-electron chi connectivity index (χ3n) is 6.25. The molecule has 5 aromatic carbocycles. The molecule has 40 heavy (non-hydrogen) atoms. The van der Waals surface area contributed by atoms with Gasteiger partial charge in [-0.15, -0.1) is 10.2 Å². The van der Waals surface area contributed by atoms with E-state index < -0.39 is 10.2 Å². The molecule has 0 fully saturated rings. The van der Waals surface area contributed by atoms with Crippen molar-refractivity contribution < 1.29 is 33.4 Å². The van der Waals surface area contributed by atoms with Crippen molar-refractivity contribution in [3.05, 3.63) is 152 Å². The minimum Gasteiger partial charge on any atom is -0.222 e. The number of rotatable bonds is 5. The van der Waals surface area contributed by atoms with E-state index in [4.69, 9.17) is 18.6 Å². The molecule has 0 radical (unpaired) electrons.